The Morgan fingerprint density at radius 1 is 1.42 bits per heavy atom. The van der Waals surface area contributed by atoms with Crippen LogP contribution in [0.1, 0.15) is 32.6 Å². The lowest BCUT2D eigenvalue weighted by molar-refractivity contribution is -0.117. The van der Waals surface area contributed by atoms with Crippen LogP contribution in [0.5, 0.6) is 0 Å². The highest BCUT2D eigenvalue weighted by Crippen LogP contribution is 2.15. The predicted molar refractivity (Wildman–Crippen MR) is 76.0 cm³/mol. The number of rotatable bonds is 7. The van der Waals surface area contributed by atoms with Gasteiger partial charge in [-0.25, -0.2) is 0 Å². The molecule has 0 aliphatic carbocycles. The molecule has 19 heavy (non-hydrogen) atoms. The van der Waals surface area contributed by atoms with Crippen molar-refractivity contribution < 1.29 is 4.79 Å². The van der Waals surface area contributed by atoms with E-state index in [4.69, 9.17) is 0 Å². The average Bonchev–Trinajstić information content (AvgIpc) is 2.41. The van der Waals surface area contributed by atoms with Crippen molar-refractivity contribution in [1.82, 2.24) is 10.2 Å². The van der Waals surface area contributed by atoms with Crippen molar-refractivity contribution in [3.8, 4) is 0 Å². The highest BCUT2D eigenvalue weighted by molar-refractivity contribution is 5.96. The van der Waals surface area contributed by atoms with Crippen molar-refractivity contribution in [2.45, 2.75) is 32.6 Å². The van der Waals surface area contributed by atoms with Gasteiger partial charge in [0.1, 0.15) is 0 Å². The fraction of sp³-hybridized carbons (Fsp3) is 0.500. The van der Waals surface area contributed by atoms with Gasteiger partial charge in [0.2, 0.25) is 0 Å². The average molecular weight is 263 g/mol. The van der Waals surface area contributed by atoms with Crippen LogP contribution in [-0.4, -0.2) is 24.4 Å². The smallest absolute Gasteiger partial charge is 0.251 e. The maximum Gasteiger partial charge on any atom is 0.251 e. The summed E-state index contributed by atoms with van der Waals surface area (Å²) in [5.74, 6) is -0.113. The van der Waals surface area contributed by atoms with Crippen LogP contribution in [0, 0.1) is 4.91 Å². The van der Waals surface area contributed by atoms with E-state index in [0.29, 0.717) is 17.8 Å². The van der Waals surface area contributed by atoms with Gasteiger partial charge in [-0.15, -0.1) is 4.91 Å². The van der Waals surface area contributed by atoms with Gasteiger partial charge in [0.05, 0.1) is 11.9 Å². The molecular formula is C14H21N3O2. The molecule has 0 bridgehead atoms. The van der Waals surface area contributed by atoms with Gasteiger partial charge in [0, 0.05) is 25.4 Å². The molecule has 0 spiro atoms. The molecule has 5 heteroatoms. The quantitative estimate of drug-likeness (QED) is 0.567. The van der Waals surface area contributed by atoms with Crippen molar-refractivity contribution in [3.63, 3.8) is 0 Å². The number of nitrogens with zero attached hydrogens (tertiary/aromatic N) is 2. The van der Waals surface area contributed by atoms with Crippen LogP contribution in [-0.2, 0) is 4.79 Å². The molecule has 0 radical (unpaired) electrons. The topological polar surface area (TPSA) is 61.8 Å². The number of nitroso groups, excluding NO2 is 1. The Kier molecular flexibility index (Phi) is 6.57. The Morgan fingerprint density at radius 2 is 2.21 bits per heavy atom. The van der Waals surface area contributed by atoms with Crippen molar-refractivity contribution in [2.75, 3.05) is 13.6 Å². The van der Waals surface area contributed by atoms with E-state index in [1.165, 1.54) is 19.0 Å². The molecule has 1 rings (SSSR count). The fourth-order valence-corrected chi connectivity index (χ4v) is 1.77. The molecule has 0 saturated heterocycles. The molecule has 1 heterocycles. The number of carbonyl (C=O) groups is 1. The lowest BCUT2D eigenvalue weighted by Gasteiger charge is -2.19. The van der Waals surface area contributed by atoms with Gasteiger partial charge in [-0.05, 0) is 23.7 Å². The van der Waals surface area contributed by atoms with E-state index >= 15 is 0 Å². The molecule has 1 N–H and O–H groups in total. The van der Waals surface area contributed by atoms with Crippen molar-refractivity contribution in [1.29, 1.82) is 0 Å². The van der Waals surface area contributed by atoms with Crippen LogP contribution < -0.4 is 5.32 Å². The largest absolute Gasteiger partial charge is 0.352 e. The van der Waals surface area contributed by atoms with Crippen LogP contribution in [0.3, 0.4) is 0 Å². The molecule has 1 amide bonds. The molecule has 0 aromatic rings. The maximum atomic E-state index is 11.9. The van der Waals surface area contributed by atoms with E-state index in [-0.39, 0.29) is 5.91 Å². The molecule has 104 valence electrons. The zero-order valence-electron chi connectivity index (χ0n) is 11.6. The zero-order chi connectivity index (χ0) is 14.1. The van der Waals surface area contributed by atoms with E-state index < -0.39 is 0 Å². The highest BCUT2D eigenvalue weighted by Gasteiger charge is 2.12. The summed E-state index contributed by atoms with van der Waals surface area (Å²) in [5.41, 5.74) is 1.15. The van der Waals surface area contributed by atoms with Crippen LogP contribution in [0.4, 0.5) is 0 Å². The Morgan fingerprint density at radius 3 is 2.89 bits per heavy atom. The van der Waals surface area contributed by atoms with Crippen molar-refractivity contribution in [3.05, 3.63) is 40.7 Å². The Labute approximate surface area is 114 Å². The Bertz CT molecular complexity index is 411. The number of hydrogen-bond acceptors (Lipinski definition) is 4. The molecule has 0 aromatic carbocycles. The van der Waals surface area contributed by atoms with Gasteiger partial charge in [-0.2, -0.15) is 0 Å². The summed E-state index contributed by atoms with van der Waals surface area (Å²) in [4.78, 5) is 23.9. The van der Waals surface area contributed by atoms with E-state index in [1.807, 2.05) is 0 Å². The Balaban J connectivity index is 2.48. The molecule has 1 aliphatic rings. The molecule has 0 saturated carbocycles. The van der Waals surface area contributed by atoms with Gasteiger partial charge in [0.15, 0.2) is 0 Å². The van der Waals surface area contributed by atoms with Crippen LogP contribution >= 0.6 is 0 Å². The molecule has 0 atom stereocenters. The normalized spacial score (nSPS) is 16.4. The Hall–Kier alpha value is -1.91. The van der Waals surface area contributed by atoms with Crippen LogP contribution in [0.25, 0.3) is 0 Å². The summed E-state index contributed by atoms with van der Waals surface area (Å²) in [6.45, 7) is 2.84. The summed E-state index contributed by atoms with van der Waals surface area (Å²) >= 11 is 0. The second-order valence-electron chi connectivity index (χ2n) is 4.50. The zero-order valence-corrected chi connectivity index (χ0v) is 11.6. The van der Waals surface area contributed by atoms with E-state index in [9.17, 15) is 9.70 Å². The number of amides is 1. The molecule has 1 aliphatic heterocycles. The van der Waals surface area contributed by atoms with Crippen LogP contribution in [0.2, 0.25) is 0 Å². The van der Waals surface area contributed by atoms with Crippen molar-refractivity contribution >= 4 is 5.91 Å². The second kappa shape index (κ2) is 8.24. The van der Waals surface area contributed by atoms with Crippen LogP contribution in [0.15, 0.2) is 41.0 Å². The molecule has 5 nitrogen and oxygen atoms in total. The lowest BCUT2D eigenvalue weighted by atomic mass is 10.1. The van der Waals surface area contributed by atoms with E-state index in [1.54, 1.807) is 30.3 Å². The first-order chi connectivity index (χ1) is 9.19. The third-order valence-corrected chi connectivity index (χ3v) is 2.95. The monoisotopic (exact) mass is 263 g/mol. The summed E-state index contributed by atoms with van der Waals surface area (Å²) in [6.07, 6.45) is 10.8. The van der Waals surface area contributed by atoms with Crippen molar-refractivity contribution in [2.24, 2.45) is 5.18 Å². The van der Waals surface area contributed by atoms with E-state index in [2.05, 4.69) is 17.4 Å². The highest BCUT2D eigenvalue weighted by atomic mass is 16.2. The number of likely N-dealkylation sites (N-methyl/N-ethyl adjacent to an activating group) is 1. The molecular weight excluding hydrogens is 242 g/mol. The number of allylic oxidation sites excluding steroid dienone is 1. The minimum Gasteiger partial charge on any atom is -0.352 e. The van der Waals surface area contributed by atoms with E-state index in [0.717, 1.165) is 12.8 Å². The third kappa shape index (κ3) is 5.07. The number of nitrogens with one attached hydrogen (secondary N) is 1. The first-order valence-electron chi connectivity index (χ1n) is 6.62. The van der Waals surface area contributed by atoms with Gasteiger partial charge >= 0.3 is 0 Å². The minimum absolute atomic E-state index is 0.113. The summed E-state index contributed by atoms with van der Waals surface area (Å²) < 4.78 is 0. The second-order valence-corrected chi connectivity index (χ2v) is 4.50. The number of hydrogen-bond donors (Lipinski definition) is 1. The number of carbonyl (C=O) groups excluding carboxylic acids is 1. The standard InChI is InChI=1S/C14H21N3O2/c1-3-4-5-6-8-15-14(18)12-7-9-17(2)13(10-12)11-16-19/h7,9-11H,3-6,8H2,1-2H3,(H,15,18)/b13-11-. The van der Waals surface area contributed by atoms with Gasteiger partial charge in [-0.3, -0.25) is 4.79 Å². The fourth-order valence-electron chi connectivity index (χ4n) is 1.77. The maximum absolute atomic E-state index is 11.9. The molecule has 0 aromatic heterocycles. The lowest BCUT2D eigenvalue weighted by Crippen LogP contribution is -2.27. The first kappa shape index (κ1) is 15.1. The minimum atomic E-state index is -0.113. The molecule has 0 unspecified atom stereocenters. The molecule has 0 fully saturated rings. The summed E-state index contributed by atoms with van der Waals surface area (Å²) in [7, 11) is 1.80. The third-order valence-electron chi connectivity index (χ3n) is 2.95. The summed E-state index contributed by atoms with van der Waals surface area (Å²) in [6, 6.07) is 0. The van der Waals surface area contributed by atoms with Gasteiger partial charge in [-0.1, -0.05) is 26.2 Å². The van der Waals surface area contributed by atoms with Gasteiger partial charge < -0.3 is 10.2 Å². The van der Waals surface area contributed by atoms with Gasteiger partial charge in [0.25, 0.3) is 5.91 Å². The summed E-state index contributed by atoms with van der Waals surface area (Å²) in [5, 5.41) is 5.61. The number of unbranched alkanes of at least 4 members (excludes halogenated alkanes) is 3. The SMILES string of the molecule is CCCCCCNC(=O)C1=C/C(=C/N=O)N(C)C=C1. The first-order valence-corrected chi connectivity index (χ1v) is 6.62. The predicted octanol–water partition coefficient (Wildman–Crippen LogP) is 2.68.